The van der Waals surface area contributed by atoms with Crippen molar-refractivity contribution in [2.75, 3.05) is 20.3 Å². The minimum absolute atomic E-state index is 0.0225. The number of hydrogen-bond acceptors (Lipinski definition) is 7. The Kier molecular flexibility index (Phi) is 7.01. The molecule has 29 heavy (non-hydrogen) atoms. The molecule has 0 radical (unpaired) electrons. The van der Waals surface area contributed by atoms with Gasteiger partial charge in [0.2, 0.25) is 5.88 Å². The molecule has 2 heterocycles. The fourth-order valence-electron chi connectivity index (χ4n) is 2.48. The van der Waals surface area contributed by atoms with Crippen LogP contribution in [0.4, 0.5) is 5.69 Å². The number of aromatic nitrogens is 3. The van der Waals surface area contributed by atoms with Gasteiger partial charge in [-0.1, -0.05) is 20.8 Å². The predicted octanol–water partition coefficient (Wildman–Crippen LogP) is 4.28. The van der Waals surface area contributed by atoms with Crippen molar-refractivity contribution in [1.82, 2.24) is 14.8 Å². The van der Waals surface area contributed by atoms with Gasteiger partial charge in [0.05, 0.1) is 18.6 Å². The van der Waals surface area contributed by atoms with Crippen LogP contribution in [0.15, 0.2) is 18.3 Å². The summed E-state index contributed by atoms with van der Waals surface area (Å²) in [6.07, 6.45) is 2.20. The average molecular weight is 423 g/mol. The fourth-order valence-corrected chi connectivity index (χ4v) is 3.57. The van der Waals surface area contributed by atoms with Crippen molar-refractivity contribution in [3.05, 3.63) is 34.1 Å². The van der Waals surface area contributed by atoms with Crippen LogP contribution in [-0.4, -0.2) is 48.3 Å². The van der Waals surface area contributed by atoms with Gasteiger partial charge in [-0.3, -0.25) is 10.1 Å². The van der Waals surface area contributed by atoms with Crippen molar-refractivity contribution >= 4 is 14.0 Å². The lowest BCUT2D eigenvalue weighted by molar-refractivity contribution is -0.386. The Bertz CT molecular complexity index is 861. The summed E-state index contributed by atoms with van der Waals surface area (Å²) >= 11 is 0. The molecule has 0 spiro atoms. The van der Waals surface area contributed by atoms with E-state index in [-0.39, 0.29) is 23.2 Å². The highest BCUT2D eigenvalue weighted by Crippen LogP contribution is 2.37. The van der Waals surface area contributed by atoms with Crippen molar-refractivity contribution in [3.63, 3.8) is 0 Å². The van der Waals surface area contributed by atoms with Crippen LogP contribution in [0.3, 0.4) is 0 Å². The van der Waals surface area contributed by atoms with Crippen LogP contribution in [0.2, 0.25) is 18.1 Å². The highest BCUT2D eigenvalue weighted by Gasteiger charge is 2.37. The molecule has 0 unspecified atom stereocenters. The topological polar surface area (TPSA) is 102 Å². The predicted molar refractivity (Wildman–Crippen MR) is 113 cm³/mol. The Morgan fingerprint density at radius 1 is 1.24 bits per heavy atom. The molecule has 0 aliphatic rings. The second-order valence-corrected chi connectivity index (χ2v) is 13.1. The van der Waals surface area contributed by atoms with Crippen molar-refractivity contribution in [3.8, 4) is 17.4 Å². The van der Waals surface area contributed by atoms with Crippen LogP contribution in [0.5, 0.6) is 11.8 Å². The number of nitro groups is 1. The second kappa shape index (κ2) is 8.91. The summed E-state index contributed by atoms with van der Waals surface area (Å²) < 4.78 is 18.4. The number of hydrogen-bond donors (Lipinski definition) is 0. The molecular formula is C19H30N4O5Si. The smallest absolute Gasteiger partial charge is 0.353 e. The van der Waals surface area contributed by atoms with Crippen molar-refractivity contribution in [1.29, 1.82) is 0 Å². The molecule has 0 aliphatic carbocycles. The Morgan fingerprint density at radius 2 is 1.93 bits per heavy atom. The van der Waals surface area contributed by atoms with E-state index < -0.39 is 13.2 Å². The molecule has 0 saturated carbocycles. The zero-order valence-corrected chi connectivity index (χ0v) is 19.2. The zero-order chi connectivity index (χ0) is 21.8. The van der Waals surface area contributed by atoms with Gasteiger partial charge in [0.1, 0.15) is 11.4 Å². The van der Waals surface area contributed by atoms with Crippen LogP contribution in [0.25, 0.3) is 5.69 Å². The van der Waals surface area contributed by atoms with E-state index in [1.807, 2.05) is 0 Å². The van der Waals surface area contributed by atoms with Crippen LogP contribution in [0.1, 0.15) is 32.9 Å². The van der Waals surface area contributed by atoms with Gasteiger partial charge in [-0.2, -0.15) is 0 Å². The van der Waals surface area contributed by atoms with Gasteiger partial charge in [-0.05, 0) is 37.2 Å². The number of rotatable bonds is 9. The molecule has 0 atom stereocenters. The maximum Gasteiger partial charge on any atom is 0.353 e. The summed E-state index contributed by atoms with van der Waals surface area (Å²) in [4.78, 5) is 15.2. The molecule has 0 bridgehead atoms. The molecular weight excluding hydrogens is 392 g/mol. The van der Waals surface area contributed by atoms with E-state index in [0.29, 0.717) is 30.3 Å². The first-order valence-electron chi connectivity index (χ1n) is 9.49. The third-order valence-electron chi connectivity index (χ3n) is 5.21. The Balaban J connectivity index is 2.13. The highest BCUT2D eigenvalue weighted by molar-refractivity contribution is 6.74. The minimum atomic E-state index is -1.83. The van der Waals surface area contributed by atoms with E-state index in [2.05, 4.69) is 43.9 Å². The standard InChI is InChI=1S/C19H30N4O5Si/c1-14-16(23(24)25)18(21-22(14)15-10-8-11-20-17(15)26-5)27-12-9-13-28-29(6,7)19(2,3)4/h8,10-11H,9,12-13H2,1-7H3. The summed E-state index contributed by atoms with van der Waals surface area (Å²) in [5.41, 5.74) is 0.682. The number of nitrogens with zero attached hydrogens (tertiary/aromatic N) is 4. The molecule has 0 amide bonds. The molecule has 0 saturated heterocycles. The van der Waals surface area contributed by atoms with Crippen molar-refractivity contribution in [2.45, 2.75) is 52.2 Å². The van der Waals surface area contributed by atoms with E-state index in [4.69, 9.17) is 13.9 Å². The van der Waals surface area contributed by atoms with Crippen LogP contribution in [0, 0.1) is 17.0 Å². The third-order valence-corrected chi connectivity index (χ3v) is 9.74. The van der Waals surface area contributed by atoms with Crippen LogP contribution in [-0.2, 0) is 4.43 Å². The van der Waals surface area contributed by atoms with E-state index in [1.165, 1.54) is 11.8 Å². The van der Waals surface area contributed by atoms with Gasteiger partial charge in [-0.15, -0.1) is 5.10 Å². The first-order chi connectivity index (χ1) is 13.5. The molecule has 160 valence electrons. The molecule has 10 heteroatoms. The molecule has 0 aromatic carbocycles. The number of pyridine rings is 1. The minimum Gasteiger partial charge on any atom is -0.479 e. The lowest BCUT2D eigenvalue weighted by atomic mass is 10.2. The largest absolute Gasteiger partial charge is 0.479 e. The molecule has 2 rings (SSSR count). The summed E-state index contributed by atoms with van der Waals surface area (Å²) in [5, 5.41) is 16.0. The molecule has 0 fully saturated rings. The molecule has 2 aromatic rings. The summed E-state index contributed by atoms with van der Waals surface area (Å²) in [6, 6.07) is 3.44. The maximum atomic E-state index is 11.6. The first kappa shape index (κ1) is 22.8. The quantitative estimate of drug-likeness (QED) is 0.257. The van der Waals surface area contributed by atoms with Gasteiger partial charge >= 0.3 is 11.6 Å². The van der Waals surface area contributed by atoms with E-state index in [1.54, 1.807) is 25.3 Å². The van der Waals surface area contributed by atoms with Gasteiger partial charge in [0.25, 0.3) is 0 Å². The zero-order valence-electron chi connectivity index (χ0n) is 18.2. The fraction of sp³-hybridized carbons (Fsp3) is 0.579. The first-order valence-corrected chi connectivity index (χ1v) is 12.4. The maximum absolute atomic E-state index is 11.6. The highest BCUT2D eigenvalue weighted by atomic mass is 28.4. The van der Waals surface area contributed by atoms with E-state index in [9.17, 15) is 10.1 Å². The summed E-state index contributed by atoms with van der Waals surface area (Å²) in [7, 11) is -0.342. The average Bonchev–Trinajstić information content (AvgIpc) is 2.96. The molecule has 9 nitrogen and oxygen atoms in total. The Labute approximate surface area is 172 Å². The monoisotopic (exact) mass is 422 g/mol. The van der Waals surface area contributed by atoms with Crippen LogP contribution >= 0.6 is 0 Å². The van der Waals surface area contributed by atoms with Crippen LogP contribution < -0.4 is 9.47 Å². The van der Waals surface area contributed by atoms with E-state index in [0.717, 1.165) is 0 Å². The SMILES string of the molecule is COc1ncccc1-n1nc(OCCCO[Si](C)(C)C(C)(C)C)c([N+](=O)[O-])c1C. The molecule has 2 aromatic heterocycles. The van der Waals surface area contributed by atoms with Gasteiger partial charge in [-0.25, -0.2) is 9.67 Å². The number of ether oxygens (including phenoxy) is 2. The third kappa shape index (κ3) is 5.13. The van der Waals surface area contributed by atoms with Gasteiger partial charge in [0.15, 0.2) is 8.32 Å². The van der Waals surface area contributed by atoms with Gasteiger partial charge in [0, 0.05) is 19.2 Å². The molecule has 0 N–H and O–H groups in total. The second-order valence-electron chi connectivity index (χ2n) is 8.25. The Hall–Kier alpha value is -2.46. The lowest BCUT2D eigenvalue weighted by Gasteiger charge is -2.36. The van der Waals surface area contributed by atoms with Gasteiger partial charge < -0.3 is 13.9 Å². The normalized spacial score (nSPS) is 12.1. The molecule has 0 aliphatic heterocycles. The summed E-state index contributed by atoms with van der Waals surface area (Å²) in [5.74, 6) is 0.299. The number of methoxy groups -OCH3 is 1. The van der Waals surface area contributed by atoms with Crippen molar-refractivity contribution < 1.29 is 18.8 Å². The lowest BCUT2D eigenvalue weighted by Crippen LogP contribution is -2.41. The van der Waals surface area contributed by atoms with E-state index >= 15 is 0 Å². The Morgan fingerprint density at radius 3 is 2.52 bits per heavy atom. The summed E-state index contributed by atoms with van der Waals surface area (Å²) in [6.45, 7) is 13.3. The van der Waals surface area contributed by atoms with Crippen molar-refractivity contribution in [2.24, 2.45) is 0 Å².